The highest BCUT2D eigenvalue weighted by Crippen LogP contribution is 2.22. The molecule has 1 aliphatic heterocycles. The van der Waals surface area contributed by atoms with E-state index in [1.807, 2.05) is 0 Å². The molecule has 1 fully saturated rings. The van der Waals surface area contributed by atoms with Crippen LogP contribution in [0.5, 0.6) is 0 Å². The number of carbonyl (C=O) groups excluding carboxylic acids is 3. The van der Waals surface area contributed by atoms with Gasteiger partial charge in [0.1, 0.15) is 12.1 Å². The van der Waals surface area contributed by atoms with Gasteiger partial charge in [-0.05, 0) is 13.3 Å². The van der Waals surface area contributed by atoms with Gasteiger partial charge in [0.05, 0.1) is 14.2 Å². The number of carbonyl (C=O) groups is 3. The Morgan fingerprint density at radius 2 is 2.00 bits per heavy atom. The summed E-state index contributed by atoms with van der Waals surface area (Å²) in [6.45, 7) is 1.53. The number of hydrogen-bond donors (Lipinski definition) is 0. The van der Waals surface area contributed by atoms with Gasteiger partial charge in [-0.3, -0.25) is 4.79 Å². The molecule has 0 aliphatic carbocycles. The summed E-state index contributed by atoms with van der Waals surface area (Å²) in [5.41, 5.74) is 0. The first kappa shape index (κ1) is 12.5. The number of ether oxygens (including phenoxy) is 2. The summed E-state index contributed by atoms with van der Waals surface area (Å²) >= 11 is 0. The SMILES string of the molecule is COC(=O)C(C)N1C(=O)CCC1C(=O)OC. The number of rotatable bonds is 3. The molecule has 2 atom stereocenters. The van der Waals surface area contributed by atoms with Crippen LogP contribution in [0.1, 0.15) is 19.8 Å². The van der Waals surface area contributed by atoms with Crippen molar-refractivity contribution < 1.29 is 23.9 Å². The molecule has 0 aromatic heterocycles. The van der Waals surface area contributed by atoms with Crippen LogP contribution in [-0.4, -0.2) is 49.0 Å². The highest BCUT2D eigenvalue weighted by atomic mass is 16.5. The number of likely N-dealkylation sites (tertiary alicyclic amines) is 1. The van der Waals surface area contributed by atoms with Gasteiger partial charge in [0.15, 0.2) is 0 Å². The first-order chi connectivity index (χ1) is 7.52. The molecule has 0 radical (unpaired) electrons. The summed E-state index contributed by atoms with van der Waals surface area (Å²) in [7, 11) is 2.50. The van der Waals surface area contributed by atoms with Gasteiger partial charge >= 0.3 is 11.9 Å². The third-order valence-electron chi connectivity index (χ3n) is 2.69. The molecule has 1 rings (SSSR count). The van der Waals surface area contributed by atoms with Crippen LogP contribution >= 0.6 is 0 Å². The van der Waals surface area contributed by atoms with Gasteiger partial charge in [0.2, 0.25) is 5.91 Å². The predicted molar refractivity (Wildman–Crippen MR) is 53.4 cm³/mol. The van der Waals surface area contributed by atoms with Crippen LogP contribution in [0, 0.1) is 0 Å². The van der Waals surface area contributed by atoms with E-state index < -0.39 is 24.0 Å². The highest BCUT2D eigenvalue weighted by Gasteiger charge is 2.42. The molecule has 2 unspecified atom stereocenters. The zero-order valence-electron chi connectivity index (χ0n) is 9.56. The fourth-order valence-electron chi connectivity index (χ4n) is 1.84. The molecular weight excluding hydrogens is 214 g/mol. The maximum Gasteiger partial charge on any atom is 0.328 e. The first-order valence-electron chi connectivity index (χ1n) is 4.99. The molecule has 0 saturated carbocycles. The minimum atomic E-state index is -0.760. The van der Waals surface area contributed by atoms with Crippen molar-refractivity contribution in [3.05, 3.63) is 0 Å². The molecule has 0 aromatic carbocycles. The summed E-state index contributed by atoms with van der Waals surface area (Å²) in [6, 6.07) is -1.43. The van der Waals surface area contributed by atoms with Gasteiger partial charge in [0.25, 0.3) is 0 Å². The maximum atomic E-state index is 11.6. The maximum absolute atomic E-state index is 11.6. The molecule has 6 nitrogen and oxygen atoms in total. The summed E-state index contributed by atoms with van der Waals surface area (Å²) in [6.07, 6.45) is 0.633. The number of esters is 2. The van der Waals surface area contributed by atoms with Crippen LogP contribution < -0.4 is 0 Å². The molecule has 0 spiro atoms. The lowest BCUT2D eigenvalue weighted by atomic mass is 10.2. The predicted octanol–water partition coefficient (Wildman–Crippen LogP) is -0.288. The monoisotopic (exact) mass is 229 g/mol. The third kappa shape index (κ3) is 2.15. The fourth-order valence-corrected chi connectivity index (χ4v) is 1.84. The Morgan fingerprint density at radius 1 is 1.38 bits per heavy atom. The molecule has 90 valence electrons. The van der Waals surface area contributed by atoms with Crippen LogP contribution in [0.4, 0.5) is 0 Å². The van der Waals surface area contributed by atoms with Gasteiger partial charge in [0, 0.05) is 6.42 Å². The average Bonchev–Trinajstić information content (AvgIpc) is 2.68. The van der Waals surface area contributed by atoms with Gasteiger partial charge in [-0.2, -0.15) is 0 Å². The third-order valence-corrected chi connectivity index (χ3v) is 2.69. The summed E-state index contributed by atoms with van der Waals surface area (Å²) in [5.74, 6) is -1.26. The van der Waals surface area contributed by atoms with E-state index in [-0.39, 0.29) is 12.3 Å². The molecule has 1 saturated heterocycles. The first-order valence-corrected chi connectivity index (χ1v) is 4.99. The Balaban J connectivity index is 2.85. The minimum Gasteiger partial charge on any atom is -0.467 e. The molecule has 1 heterocycles. The Kier molecular flexibility index (Phi) is 3.87. The van der Waals surface area contributed by atoms with E-state index >= 15 is 0 Å². The molecule has 1 aliphatic rings. The highest BCUT2D eigenvalue weighted by molar-refractivity contribution is 5.92. The van der Waals surface area contributed by atoms with E-state index in [9.17, 15) is 14.4 Å². The molecule has 1 amide bonds. The Morgan fingerprint density at radius 3 is 2.50 bits per heavy atom. The number of hydrogen-bond acceptors (Lipinski definition) is 5. The van der Waals surface area contributed by atoms with Gasteiger partial charge in [-0.1, -0.05) is 0 Å². The Labute approximate surface area is 93.5 Å². The van der Waals surface area contributed by atoms with E-state index in [1.54, 1.807) is 0 Å². The van der Waals surface area contributed by atoms with Gasteiger partial charge in [-0.15, -0.1) is 0 Å². The van der Waals surface area contributed by atoms with Crippen molar-refractivity contribution >= 4 is 17.8 Å². The van der Waals surface area contributed by atoms with Crippen molar-refractivity contribution in [2.75, 3.05) is 14.2 Å². The van der Waals surface area contributed by atoms with Crippen LogP contribution in [0.15, 0.2) is 0 Å². The van der Waals surface area contributed by atoms with Crippen LogP contribution in [0.2, 0.25) is 0 Å². The fraction of sp³-hybridized carbons (Fsp3) is 0.700. The van der Waals surface area contributed by atoms with Gasteiger partial charge < -0.3 is 14.4 Å². The van der Waals surface area contributed by atoms with Crippen LogP contribution in [-0.2, 0) is 23.9 Å². The topological polar surface area (TPSA) is 72.9 Å². The second-order valence-corrected chi connectivity index (χ2v) is 3.58. The van der Waals surface area contributed by atoms with E-state index in [0.29, 0.717) is 6.42 Å². The van der Waals surface area contributed by atoms with E-state index in [0.717, 1.165) is 0 Å². The van der Waals surface area contributed by atoms with Crippen molar-refractivity contribution in [2.45, 2.75) is 31.8 Å². The minimum absolute atomic E-state index is 0.228. The quantitative estimate of drug-likeness (QED) is 0.622. The van der Waals surface area contributed by atoms with Crippen molar-refractivity contribution in [1.82, 2.24) is 4.90 Å². The zero-order chi connectivity index (χ0) is 12.3. The van der Waals surface area contributed by atoms with Crippen LogP contribution in [0.25, 0.3) is 0 Å². The summed E-state index contributed by atoms with van der Waals surface area (Å²) in [5, 5.41) is 0. The summed E-state index contributed by atoms with van der Waals surface area (Å²) < 4.78 is 9.14. The number of nitrogens with zero attached hydrogens (tertiary/aromatic N) is 1. The number of amides is 1. The molecular formula is C10H15NO5. The van der Waals surface area contributed by atoms with Gasteiger partial charge in [-0.25, -0.2) is 9.59 Å². The van der Waals surface area contributed by atoms with E-state index in [2.05, 4.69) is 9.47 Å². The Bertz CT molecular complexity index is 314. The number of methoxy groups -OCH3 is 2. The van der Waals surface area contributed by atoms with Crippen molar-refractivity contribution in [3.63, 3.8) is 0 Å². The Hall–Kier alpha value is -1.59. The largest absolute Gasteiger partial charge is 0.467 e. The molecule has 16 heavy (non-hydrogen) atoms. The normalized spacial score (nSPS) is 21.8. The van der Waals surface area contributed by atoms with E-state index in [1.165, 1.54) is 26.0 Å². The molecule has 0 aromatic rings. The lowest BCUT2D eigenvalue weighted by molar-refractivity contribution is -0.157. The second-order valence-electron chi connectivity index (χ2n) is 3.58. The molecule has 6 heteroatoms. The van der Waals surface area contributed by atoms with Crippen molar-refractivity contribution in [2.24, 2.45) is 0 Å². The standard InChI is InChI=1S/C10H15NO5/c1-6(9(13)15-2)11-7(10(14)16-3)4-5-8(11)12/h6-7H,4-5H2,1-3H3. The second kappa shape index (κ2) is 4.96. The van der Waals surface area contributed by atoms with Crippen LogP contribution in [0.3, 0.4) is 0 Å². The van der Waals surface area contributed by atoms with Crippen molar-refractivity contribution in [1.29, 1.82) is 0 Å². The average molecular weight is 229 g/mol. The van der Waals surface area contributed by atoms with E-state index in [4.69, 9.17) is 0 Å². The molecule has 0 N–H and O–H groups in total. The lowest BCUT2D eigenvalue weighted by Crippen LogP contribution is -2.48. The smallest absolute Gasteiger partial charge is 0.328 e. The summed E-state index contributed by atoms with van der Waals surface area (Å²) in [4.78, 5) is 35.6. The lowest BCUT2D eigenvalue weighted by Gasteiger charge is -2.27. The molecule has 0 bridgehead atoms. The zero-order valence-corrected chi connectivity index (χ0v) is 9.56. The van der Waals surface area contributed by atoms with Crippen molar-refractivity contribution in [3.8, 4) is 0 Å².